The molecule has 0 bridgehead atoms. The first kappa shape index (κ1) is 13.2. The molecule has 1 aliphatic carbocycles. The van der Waals surface area contributed by atoms with E-state index in [1.54, 1.807) is 0 Å². The minimum Gasteiger partial charge on any atom is -0.507 e. The fourth-order valence-electron chi connectivity index (χ4n) is 1.79. The van der Waals surface area contributed by atoms with Crippen molar-refractivity contribution in [3.63, 3.8) is 0 Å². The Morgan fingerprint density at radius 2 is 2.11 bits per heavy atom. The molecule has 0 unspecified atom stereocenters. The third-order valence-electron chi connectivity index (χ3n) is 3.34. The highest BCUT2D eigenvalue weighted by Gasteiger charge is 2.50. The summed E-state index contributed by atoms with van der Waals surface area (Å²) in [6.45, 7) is 0.0673. The largest absolute Gasteiger partial charge is 0.507 e. The SMILES string of the molecule is COc1ccc(O)c(C(=O)NCC2(C(=O)O)CC2)c1. The summed E-state index contributed by atoms with van der Waals surface area (Å²) in [7, 11) is 1.46. The number of carboxylic acid groups (broad SMARTS) is 1. The normalized spacial score (nSPS) is 15.6. The van der Waals surface area contributed by atoms with Crippen LogP contribution in [0.4, 0.5) is 0 Å². The van der Waals surface area contributed by atoms with Crippen molar-refractivity contribution < 1.29 is 24.5 Å². The van der Waals surface area contributed by atoms with Gasteiger partial charge >= 0.3 is 5.97 Å². The summed E-state index contributed by atoms with van der Waals surface area (Å²) in [5.74, 6) is -1.13. The Morgan fingerprint density at radius 1 is 1.42 bits per heavy atom. The van der Waals surface area contributed by atoms with Crippen molar-refractivity contribution in [2.75, 3.05) is 13.7 Å². The van der Waals surface area contributed by atoms with Gasteiger partial charge in [-0.15, -0.1) is 0 Å². The second kappa shape index (κ2) is 4.79. The van der Waals surface area contributed by atoms with Crippen LogP contribution in [0.25, 0.3) is 0 Å². The van der Waals surface area contributed by atoms with Crippen LogP contribution in [-0.4, -0.2) is 35.7 Å². The van der Waals surface area contributed by atoms with E-state index in [1.165, 1.54) is 25.3 Å². The van der Waals surface area contributed by atoms with Gasteiger partial charge in [-0.2, -0.15) is 0 Å². The lowest BCUT2D eigenvalue weighted by molar-refractivity contribution is -0.143. The molecule has 0 aliphatic heterocycles. The van der Waals surface area contributed by atoms with Crippen LogP contribution in [0.15, 0.2) is 18.2 Å². The fraction of sp³-hybridized carbons (Fsp3) is 0.385. The van der Waals surface area contributed by atoms with Gasteiger partial charge in [0.15, 0.2) is 0 Å². The average Bonchev–Trinajstić information content (AvgIpc) is 3.18. The van der Waals surface area contributed by atoms with Crippen molar-refractivity contribution in [2.24, 2.45) is 5.41 Å². The van der Waals surface area contributed by atoms with Crippen LogP contribution < -0.4 is 10.1 Å². The number of phenolic OH excluding ortho intramolecular Hbond substituents is 1. The van der Waals surface area contributed by atoms with Crippen LogP contribution in [0.2, 0.25) is 0 Å². The number of carbonyl (C=O) groups excluding carboxylic acids is 1. The maximum atomic E-state index is 11.9. The number of hydrogen-bond acceptors (Lipinski definition) is 4. The molecule has 1 amide bonds. The van der Waals surface area contributed by atoms with Crippen LogP contribution in [0, 0.1) is 5.41 Å². The fourth-order valence-corrected chi connectivity index (χ4v) is 1.79. The monoisotopic (exact) mass is 265 g/mol. The second-order valence-corrected chi connectivity index (χ2v) is 4.65. The minimum absolute atomic E-state index is 0.0673. The first-order valence-corrected chi connectivity index (χ1v) is 5.87. The smallest absolute Gasteiger partial charge is 0.311 e. The third-order valence-corrected chi connectivity index (χ3v) is 3.34. The summed E-state index contributed by atoms with van der Waals surface area (Å²) in [5, 5.41) is 21.2. The van der Waals surface area contributed by atoms with Crippen molar-refractivity contribution in [3.05, 3.63) is 23.8 Å². The Labute approximate surface area is 110 Å². The van der Waals surface area contributed by atoms with Crippen molar-refractivity contribution in [1.82, 2.24) is 5.32 Å². The van der Waals surface area contributed by atoms with E-state index in [9.17, 15) is 14.7 Å². The maximum absolute atomic E-state index is 11.9. The van der Waals surface area contributed by atoms with E-state index in [0.29, 0.717) is 18.6 Å². The van der Waals surface area contributed by atoms with Crippen molar-refractivity contribution in [3.8, 4) is 11.5 Å². The molecule has 1 saturated carbocycles. The molecule has 0 radical (unpaired) electrons. The average molecular weight is 265 g/mol. The number of methoxy groups -OCH3 is 1. The van der Waals surface area contributed by atoms with Gasteiger partial charge in [0.1, 0.15) is 11.5 Å². The Balaban J connectivity index is 2.06. The van der Waals surface area contributed by atoms with E-state index in [2.05, 4.69) is 5.32 Å². The predicted molar refractivity (Wildman–Crippen MR) is 66.3 cm³/mol. The van der Waals surface area contributed by atoms with E-state index in [0.717, 1.165) is 0 Å². The van der Waals surface area contributed by atoms with Crippen molar-refractivity contribution in [2.45, 2.75) is 12.8 Å². The molecule has 102 valence electrons. The molecule has 2 rings (SSSR count). The Bertz CT molecular complexity index is 522. The zero-order valence-electron chi connectivity index (χ0n) is 10.5. The molecular weight excluding hydrogens is 250 g/mol. The number of benzene rings is 1. The van der Waals surface area contributed by atoms with Gasteiger partial charge in [-0.25, -0.2) is 0 Å². The maximum Gasteiger partial charge on any atom is 0.311 e. The lowest BCUT2D eigenvalue weighted by atomic mass is 10.1. The van der Waals surface area contributed by atoms with Crippen LogP contribution in [0.1, 0.15) is 23.2 Å². The number of nitrogens with one attached hydrogen (secondary N) is 1. The van der Waals surface area contributed by atoms with Gasteiger partial charge < -0.3 is 20.3 Å². The van der Waals surface area contributed by atoms with Crippen LogP contribution in [0.5, 0.6) is 11.5 Å². The van der Waals surface area contributed by atoms with Gasteiger partial charge in [0.2, 0.25) is 0 Å². The summed E-state index contributed by atoms with van der Waals surface area (Å²) >= 11 is 0. The van der Waals surface area contributed by atoms with Gasteiger partial charge in [0.05, 0.1) is 18.1 Å². The van der Waals surface area contributed by atoms with Gasteiger partial charge in [-0.3, -0.25) is 9.59 Å². The number of carbonyl (C=O) groups is 2. The van der Waals surface area contributed by atoms with E-state index in [1.807, 2.05) is 0 Å². The first-order chi connectivity index (χ1) is 8.98. The lowest BCUT2D eigenvalue weighted by Crippen LogP contribution is -2.34. The number of aliphatic carboxylic acids is 1. The molecular formula is C13H15NO5. The number of hydrogen-bond donors (Lipinski definition) is 3. The molecule has 1 aliphatic rings. The van der Waals surface area contributed by atoms with Crippen LogP contribution in [0.3, 0.4) is 0 Å². The summed E-state index contributed by atoms with van der Waals surface area (Å²) < 4.78 is 4.97. The highest BCUT2D eigenvalue weighted by molar-refractivity contribution is 5.97. The summed E-state index contributed by atoms with van der Waals surface area (Å²) in [4.78, 5) is 22.9. The van der Waals surface area contributed by atoms with Crippen molar-refractivity contribution in [1.29, 1.82) is 0 Å². The van der Waals surface area contributed by atoms with E-state index in [4.69, 9.17) is 9.84 Å². The van der Waals surface area contributed by atoms with E-state index >= 15 is 0 Å². The summed E-state index contributed by atoms with van der Waals surface area (Å²) in [6.07, 6.45) is 1.12. The van der Waals surface area contributed by atoms with Crippen LogP contribution >= 0.6 is 0 Å². The molecule has 0 saturated heterocycles. The molecule has 0 aromatic heterocycles. The predicted octanol–water partition coefficient (Wildman–Crippen LogP) is 0.995. The third kappa shape index (κ3) is 2.62. The number of aromatic hydroxyl groups is 1. The van der Waals surface area contributed by atoms with E-state index < -0.39 is 17.3 Å². The number of rotatable bonds is 5. The quantitative estimate of drug-likeness (QED) is 0.738. The molecule has 19 heavy (non-hydrogen) atoms. The number of phenols is 1. The molecule has 1 aromatic rings. The molecule has 0 atom stereocenters. The Morgan fingerprint density at radius 3 is 2.63 bits per heavy atom. The highest BCUT2D eigenvalue weighted by atomic mass is 16.5. The molecule has 1 fully saturated rings. The highest BCUT2D eigenvalue weighted by Crippen LogP contribution is 2.45. The molecule has 6 heteroatoms. The first-order valence-electron chi connectivity index (χ1n) is 5.87. The molecule has 0 spiro atoms. The Kier molecular flexibility index (Phi) is 3.33. The zero-order valence-corrected chi connectivity index (χ0v) is 10.5. The van der Waals surface area contributed by atoms with Gasteiger partial charge in [-0.05, 0) is 31.0 Å². The van der Waals surface area contributed by atoms with Gasteiger partial charge in [0.25, 0.3) is 5.91 Å². The number of carboxylic acids is 1. The standard InChI is InChI=1S/C13H15NO5/c1-19-8-2-3-10(15)9(6-8)11(16)14-7-13(4-5-13)12(17)18/h2-3,6,15H,4-5,7H2,1H3,(H,14,16)(H,17,18). The molecule has 6 nitrogen and oxygen atoms in total. The summed E-state index contributed by atoms with van der Waals surface area (Å²) in [5.41, 5.74) is -0.759. The van der Waals surface area contributed by atoms with Crippen LogP contribution in [-0.2, 0) is 4.79 Å². The number of amides is 1. The number of ether oxygens (including phenoxy) is 1. The Hall–Kier alpha value is -2.24. The van der Waals surface area contributed by atoms with Gasteiger partial charge in [-0.1, -0.05) is 0 Å². The van der Waals surface area contributed by atoms with E-state index in [-0.39, 0.29) is 17.9 Å². The topological polar surface area (TPSA) is 95.9 Å². The molecule has 3 N–H and O–H groups in total. The lowest BCUT2D eigenvalue weighted by Gasteiger charge is -2.12. The van der Waals surface area contributed by atoms with Crippen molar-refractivity contribution >= 4 is 11.9 Å². The second-order valence-electron chi connectivity index (χ2n) is 4.65. The zero-order chi connectivity index (χ0) is 14.0. The summed E-state index contributed by atoms with van der Waals surface area (Å²) in [6, 6.07) is 4.30. The van der Waals surface area contributed by atoms with Gasteiger partial charge in [0, 0.05) is 6.54 Å². The molecule has 0 heterocycles. The minimum atomic E-state index is -0.900. The molecule has 1 aromatic carbocycles.